The molecule has 0 fully saturated rings. The molecule has 0 aliphatic carbocycles. The number of aromatic carboxylic acids is 1. The van der Waals surface area contributed by atoms with Gasteiger partial charge in [0, 0.05) is 35.1 Å². The van der Waals surface area contributed by atoms with Crippen LogP contribution in [0.25, 0.3) is 22.3 Å². The molecule has 0 spiro atoms. The molecular weight excluding hydrogens is 408 g/mol. The van der Waals surface area contributed by atoms with E-state index in [1.165, 1.54) is 13.2 Å². The molecular formula is C25H22N2O5. The molecule has 1 atom stereocenters. The molecule has 0 aliphatic heterocycles. The number of hydrogen-bond acceptors (Lipinski definition) is 6. The minimum atomic E-state index is -1.02. The first-order valence-corrected chi connectivity index (χ1v) is 10.0. The molecule has 0 unspecified atom stereocenters. The Kier molecular flexibility index (Phi) is 5.64. The van der Waals surface area contributed by atoms with E-state index in [1.54, 1.807) is 48.7 Å². The van der Waals surface area contributed by atoms with Gasteiger partial charge in [-0.2, -0.15) is 0 Å². The zero-order valence-corrected chi connectivity index (χ0v) is 17.9. The van der Waals surface area contributed by atoms with Crippen molar-refractivity contribution in [3.63, 3.8) is 0 Å². The number of methoxy groups -OCH3 is 1. The Labute approximate surface area is 184 Å². The summed E-state index contributed by atoms with van der Waals surface area (Å²) in [6.45, 7) is 3.80. The standard InChI is InChI=1S/C25H22N2O5/c1-14-10-18(15(2)27-20-7-5-4-6-17(20)25(29)30)24-19(11-14)21(28)12-22(32-24)16-8-9-23(31-3)26-13-16/h4-13,15,27H,1-3H3,(H,29,30)/t15-/m1/s1. The highest BCUT2D eigenvalue weighted by atomic mass is 16.5. The van der Waals surface area contributed by atoms with Crippen molar-refractivity contribution in [3.8, 4) is 17.2 Å². The summed E-state index contributed by atoms with van der Waals surface area (Å²) in [6.07, 6.45) is 1.58. The van der Waals surface area contributed by atoms with Crippen LogP contribution in [0, 0.1) is 6.92 Å². The van der Waals surface area contributed by atoms with E-state index >= 15 is 0 Å². The van der Waals surface area contributed by atoms with Crippen LogP contribution in [-0.2, 0) is 0 Å². The number of anilines is 1. The molecule has 7 heteroatoms. The highest BCUT2D eigenvalue weighted by molar-refractivity contribution is 5.94. The molecule has 0 aliphatic rings. The first-order chi connectivity index (χ1) is 15.4. The molecule has 32 heavy (non-hydrogen) atoms. The number of benzene rings is 2. The zero-order valence-electron chi connectivity index (χ0n) is 17.9. The fourth-order valence-electron chi connectivity index (χ4n) is 3.65. The van der Waals surface area contributed by atoms with Crippen LogP contribution in [0.3, 0.4) is 0 Å². The number of ether oxygens (including phenoxy) is 1. The van der Waals surface area contributed by atoms with Crippen LogP contribution in [0.1, 0.15) is 34.5 Å². The van der Waals surface area contributed by atoms with Crippen molar-refractivity contribution in [2.75, 3.05) is 12.4 Å². The number of carbonyl (C=O) groups is 1. The third-order valence-electron chi connectivity index (χ3n) is 5.23. The minimum absolute atomic E-state index is 0.167. The van der Waals surface area contributed by atoms with Gasteiger partial charge in [0.05, 0.1) is 24.1 Å². The van der Waals surface area contributed by atoms with Gasteiger partial charge in [-0.25, -0.2) is 9.78 Å². The van der Waals surface area contributed by atoms with Gasteiger partial charge in [-0.3, -0.25) is 4.79 Å². The molecule has 2 heterocycles. The molecule has 2 aromatic carbocycles. The van der Waals surface area contributed by atoms with Gasteiger partial charge in [0.1, 0.15) is 11.3 Å². The Morgan fingerprint density at radius 2 is 1.94 bits per heavy atom. The molecule has 7 nitrogen and oxygen atoms in total. The fraction of sp³-hybridized carbons (Fsp3) is 0.160. The number of carboxylic acid groups (broad SMARTS) is 1. The normalized spacial score (nSPS) is 11.8. The summed E-state index contributed by atoms with van der Waals surface area (Å²) >= 11 is 0. The van der Waals surface area contributed by atoms with Crippen molar-refractivity contribution in [2.24, 2.45) is 0 Å². The summed E-state index contributed by atoms with van der Waals surface area (Å²) in [6, 6.07) is 15.0. The SMILES string of the molecule is COc1ccc(-c2cc(=O)c3cc(C)cc([C@@H](C)Nc4ccccc4C(=O)O)c3o2)cn1. The average Bonchev–Trinajstić information content (AvgIpc) is 2.79. The quantitative estimate of drug-likeness (QED) is 0.442. The lowest BCUT2D eigenvalue weighted by Gasteiger charge is -2.19. The predicted molar refractivity (Wildman–Crippen MR) is 122 cm³/mol. The maximum absolute atomic E-state index is 12.9. The number of aromatic nitrogens is 1. The van der Waals surface area contributed by atoms with Gasteiger partial charge < -0.3 is 19.6 Å². The topological polar surface area (TPSA) is 102 Å². The van der Waals surface area contributed by atoms with Crippen LogP contribution in [0.5, 0.6) is 5.88 Å². The van der Waals surface area contributed by atoms with Crippen LogP contribution in [0.4, 0.5) is 5.69 Å². The number of nitrogens with one attached hydrogen (secondary N) is 1. The average molecular weight is 430 g/mol. The summed E-state index contributed by atoms with van der Waals surface area (Å²) in [5, 5.41) is 13.2. The van der Waals surface area contributed by atoms with E-state index in [1.807, 2.05) is 19.9 Å². The van der Waals surface area contributed by atoms with Gasteiger partial charge in [-0.05, 0) is 43.7 Å². The number of carboxylic acids is 1. The molecule has 4 rings (SSSR count). The number of para-hydroxylation sites is 1. The number of rotatable bonds is 6. The third-order valence-corrected chi connectivity index (χ3v) is 5.23. The van der Waals surface area contributed by atoms with E-state index < -0.39 is 5.97 Å². The molecule has 2 aromatic heterocycles. The van der Waals surface area contributed by atoms with Crippen molar-refractivity contribution < 1.29 is 19.1 Å². The second-order valence-electron chi connectivity index (χ2n) is 7.51. The molecule has 0 saturated heterocycles. The van der Waals surface area contributed by atoms with Crippen LogP contribution in [0.15, 0.2) is 70.0 Å². The van der Waals surface area contributed by atoms with E-state index in [-0.39, 0.29) is 17.0 Å². The Morgan fingerprint density at radius 3 is 2.62 bits per heavy atom. The van der Waals surface area contributed by atoms with E-state index in [9.17, 15) is 14.7 Å². The van der Waals surface area contributed by atoms with E-state index in [4.69, 9.17) is 9.15 Å². The van der Waals surface area contributed by atoms with Crippen LogP contribution < -0.4 is 15.5 Å². The van der Waals surface area contributed by atoms with Crippen LogP contribution in [0.2, 0.25) is 0 Å². The second kappa shape index (κ2) is 8.55. The smallest absolute Gasteiger partial charge is 0.337 e. The number of hydrogen-bond donors (Lipinski definition) is 2. The van der Waals surface area contributed by atoms with Gasteiger partial charge in [-0.1, -0.05) is 18.2 Å². The predicted octanol–water partition coefficient (Wildman–Crippen LogP) is 5.04. The van der Waals surface area contributed by atoms with Gasteiger partial charge in [0.2, 0.25) is 5.88 Å². The highest BCUT2D eigenvalue weighted by Gasteiger charge is 2.18. The molecule has 2 N–H and O–H groups in total. The van der Waals surface area contributed by atoms with Gasteiger partial charge in [-0.15, -0.1) is 0 Å². The number of aryl methyl sites for hydroxylation is 1. The van der Waals surface area contributed by atoms with Gasteiger partial charge >= 0.3 is 5.97 Å². The fourth-order valence-corrected chi connectivity index (χ4v) is 3.65. The van der Waals surface area contributed by atoms with Crippen molar-refractivity contribution in [2.45, 2.75) is 19.9 Å². The van der Waals surface area contributed by atoms with Gasteiger partial charge in [0.15, 0.2) is 5.43 Å². The second-order valence-corrected chi connectivity index (χ2v) is 7.51. The lowest BCUT2D eigenvalue weighted by Crippen LogP contribution is -2.12. The Morgan fingerprint density at radius 1 is 1.16 bits per heavy atom. The lowest BCUT2D eigenvalue weighted by molar-refractivity contribution is 0.0698. The molecule has 0 bridgehead atoms. The summed E-state index contributed by atoms with van der Waals surface area (Å²) in [5.74, 6) is -0.167. The Balaban J connectivity index is 1.82. The summed E-state index contributed by atoms with van der Waals surface area (Å²) in [4.78, 5) is 28.7. The van der Waals surface area contributed by atoms with Crippen molar-refractivity contribution in [3.05, 3.63) is 87.7 Å². The first kappa shape index (κ1) is 21.1. The minimum Gasteiger partial charge on any atom is -0.481 e. The number of nitrogens with zero attached hydrogens (tertiary/aromatic N) is 1. The summed E-state index contributed by atoms with van der Waals surface area (Å²) in [7, 11) is 1.53. The molecule has 0 radical (unpaired) electrons. The first-order valence-electron chi connectivity index (χ1n) is 10.0. The highest BCUT2D eigenvalue weighted by Crippen LogP contribution is 2.31. The van der Waals surface area contributed by atoms with Crippen LogP contribution in [-0.4, -0.2) is 23.2 Å². The summed E-state index contributed by atoms with van der Waals surface area (Å²) in [5.41, 5.74) is 3.23. The zero-order chi connectivity index (χ0) is 22.8. The molecule has 0 saturated carbocycles. The van der Waals surface area contributed by atoms with E-state index in [0.29, 0.717) is 33.9 Å². The number of fused-ring (bicyclic) bond motifs is 1. The third kappa shape index (κ3) is 4.05. The van der Waals surface area contributed by atoms with Gasteiger partial charge in [0.25, 0.3) is 0 Å². The number of pyridine rings is 1. The van der Waals surface area contributed by atoms with Crippen molar-refractivity contribution >= 4 is 22.6 Å². The summed E-state index contributed by atoms with van der Waals surface area (Å²) < 4.78 is 11.3. The van der Waals surface area contributed by atoms with E-state index in [0.717, 1.165) is 11.1 Å². The molecule has 4 aromatic rings. The molecule has 162 valence electrons. The Bertz CT molecular complexity index is 1360. The van der Waals surface area contributed by atoms with Crippen molar-refractivity contribution in [1.82, 2.24) is 4.98 Å². The maximum atomic E-state index is 12.9. The lowest BCUT2D eigenvalue weighted by atomic mass is 10.00. The maximum Gasteiger partial charge on any atom is 0.337 e. The van der Waals surface area contributed by atoms with Crippen LogP contribution >= 0.6 is 0 Å². The Hall–Kier alpha value is -4.13. The van der Waals surface area contributed by atoms with E-state index in [2.05, 4.69) is 10.3 Å². The van der Waals surface area contributed by atoms with Crippen molar-refractivity contribution in [1.29, 1.82) is 0 Å². The largest absolute Gasteiger partial charge is 0.481 e. The molecule has 0 amide bonds. The monoisotopic (exact) mass is 430 g/mol.